The van der Waals surface area contributed by atoms with Crippen LogP contribution < -0.4 is 5.32 Å². The molecule has 0 unspecified atom stereocenters. The third kappa shape index (κ3) is 3.62. The van der Waals surface area contributed by atoms with Gasteiger partial charge in [0.05, 0.1) is 10.9 Å². The van der Waals surface area contributed by atoms with Gasteiger partial charge in [0, 0.05) is 31.8 Å². The highest BCUT2D eigenvalue weighted by Gasteiger charge is 2.27. The van der Waals surface area contributed by atoms with E-state index in [-0.39, 0.29) is 22.6 Å². The third-order valence-corrected chi connectivity index (χ3v) is 7.00. The van der Waals surface area contributed by atoms with Crippen molar-refractivity contribution in [3.05, 3.63) is 52.3 Å². The maximum atomic E-state index is 12.7. The van der Waals surface area contributed by atoms with Crippen LogP contribution >= 0.6 is 0 Å². The number of H-pyrrole nitrogens is 1. The Hall–Kier alpha value is -2.45. The summed E-state index contributed by atoms with van der Waals surface area (Å²) in [5, 5.41) is 2.92. The van der Waals surface area contributed by atoms with Crippen LogP contribution in [0.25, 0.3) is 0 Å². The van der Waals surface area contributed by atoms with Crippen molar-refractivity contribution >= 4 is 21.7 Å². The lowest BCUT2D eigenvalue weighted by Gasteiger charge is -2.16. The van der Waals surface area contributed by atoms with Crippen LogP contribution in [0.15, 0.2) is 29.2 Å². The molecule has 0 fully saturated rings. The van der Waals surface area contributed by atoms with Crippen molar-refractivity contribution in [1.29, 1.82) is 0 Å². The largest absolute Gasteiger partial charge is 0.354 e. The zero-order valence-electron chi connectivity index (χ0n) is 16.5. The smallest absolute Gasteiger partial charge is 0.268 e. The highest BCUT2D eigenvalue weighted by Crippen LogP contribution is 2.27. The molecule has 28 heavy (non-hydrogen) atoms. The molecule has 1 atom stereocenters. The predicted octanol–water partition coefficient (Wildman–Crippen LogP) is 2.58. The Labute approximate surface area is 165 Å². The number of nitrogens with zero attached hydrogens (tertiary/aromatic N) is 1. The second-order valence-electron chi connectivity index (χ2n) is 7.31. The first-order chi connectivity index (χ1) is 13.1. The van der Waals surface area contributed by atoms with Crippen LogP contribution in [0.4, 0.5) is 0 Å². The number of fused-ring (bicyclic) bond motifs is 1. The van der Waals surface area contributed by atoms with E-state index in [0.717, 1.165) is 28.4 Å². The van der Waals surface area contributed by atoms with Gasteiger partial charge < -0.3 is 10.3 Å². The van der Waals surface area contributed by atoms with E-state index in [2.05, 4.69) is 10.3 Å². The van der Waals surface area contributed by atoms with Crippen LogP contribution in [0.2, 0.25) is 0 Å². The number of hydrogen-bond acceptors (Lipinski definition) is 4. The molecule has 7 nitrogen and oxygen atoms in total. The Morgan fingerprint density at radius 2 is 1.82 bits per heavy atom. The van der Waals surface area contributed by atoms with Gasteiger partial charge in [0.1, 0.15) is 5.69 Å². The fourth-order valence-electron chi connectivity index (χ4n) is 3.49. The summed E-state index contributed by atoms with van der Waals surface area (Å²) in [5.41, 5.74) is 3.39. The minimum atomic E-state index is -3.49. The van der Waals surface area contributed by atoms with E-state index in [0.29, 0.717) is 23.2 Å². The molecule has 3 rings (SSSR count). The van der Waals surface area contributed by atoms with Crippen molar-refractivity contribution in [3.8, 4) is 0 Å². The Balaban J connectivity index is 1.77. The highest BCUT2D eigenvalue weighted by molar-refractivity contribution is 7.89. The maximum absolute atomic E-state index is 12.7. The average Bonchev–Trinajstić information content (AvgIpc) is 2.99. The number of rotatable bonds is 5. The molecule has 1 aromatic heterocycles. The molecular formula is C20H25N3O4S. The summed E-state index contributed by atoms with van der Waals surface area (Å²) in [5.74, 6) is -0.197. The molecule has 0 aliphatic heterocycles. The summed E-state index contributed by atoms with van der Waals surface area (Å²) >= 11 is 0. The number of amides is 1. The summed E-state index contributed by atoms with van der Waals surface area (Å²) in [6, 6.07) is 6.13. The number of aryl methyl sites for hydroxylation is 1. The van der Waals surface area contributed by atoms with Gasteiger partial charge in [-0.05, 0) is 49.9 Å². The van der Waals surface area contributed by atoms with Gasteiger partial charge in [0.25, 0.3) is 5.91 Å². The number of hydrogen-bond donors (Lipinski definition) is 2. The summed E-state index contributed by atoms with van der Waals surface area (Å²) < 4.78 is 25.5. The molecule has 0 bridgehead atoms. The molecule has 0 saturated carbocycles. The SMILES string of the molecule is Cc1c(C(=O)N[C@@H](C)c2ccc(S(=O)(=O)N(C)C)cc2)[nH]c2c1C(=O)CCC2. The standard InChI is InChI=1S/C20H25N3O4S/c1-12-18-16(6-5-7-17(18)24)22-19(12)20(25)21-13(2)14-8-10-15(11-9-14)28(26,27)23(3)4/h8-11,13,22H,5-7H2,1-4H3,(H,21,25)/t13-/m0/s1. The summed E-state index contributed by atoms with van der Waals surface area (Å²) in [7, 11) is -0.527. The molecule has 1 heterocycles. The van der Waals surface area contributed by atoms with E-state index in [1.807, 2.05) is 6.92 Å². The number of aromatic nitrogens is 1. The second kappa shape index (κ2) is 7.52. The molecule has 150 valence electrons. The lowest BCUT2D eigenvalue weighted by molar-refractivity contribution is 0.0934. The molecule has 2 aromatic rings. The average molecular weight is 404 g/mol. The number of sulfonamides is 1. The number of carbonyl (C=O) groups excluding carboxylic acids is 2. The minimum Gasteiger partial charge on any atom is -0.354 e. The normalized spacial score (nSPS) is 15.4. The number of aromatic amines is 1. The summed E-state index contributed by atoms with van der Waals surface area (Å²) in [6.45, 7) is 3.62. The van der Waals surface area contributed by atoms with Crippen molar-refractivity contribution < 1.29 is 18.0 Å². The Morgan fingerprint density at radius 1 is 1.18 bits per heavy atom. The van der Waals surface area contributed by atoms with Gasteiger partial charge in [-0.15, -0.1) is 0 Å². The fraction of sp³-hybridized carbons (Fsp3) is 0.400. The van der Waals surface area contributed by atoms with Crippen molar-refractivity contribution in [2.24, 2.45) is 0 Å². The van der Waals surface area contributed by atoms with Crippen LogP contribution in [0.5, 0.6) is 0 Å². The zero-order valence-corrected chi connectivity index (χ0v) is 17.3. The first-order valence-corrected chi connectivity index (χ1v) is 10.6. The lowest BCUT2D eigenvalue weighted by Crippen LogP contribution is -2.27. The number of Topliss-reactive ketones (excluding diaryl/α,β-unsaturated/α-hetero) is 1. The quantitative estimate of drug-likeness (QED) is 0.801. The predicted molar refractivity (Wildman–Crippen MR) is 106 cm³/mol. The zero-order chi connectivity index (χ0) is 20.6. The van der Waals surface area contributed by atoms with Gasteiger partial charge >= 0.3 is 0 Å². The third-order valence-electron chi connectivity index (χ3n) is 5.17. The number of benzene rings is 1. The van der Waals surface area contributed by atoms with Crippen LogP contribution in [0, 0.1) is 6.92 Å². The maximum Gasteiger partial charge on any atom is 0.268 e. The number of ketones is 1. The first kappa shape index (κ1) is 20.3. The molecular weight excluding hydrogens is 378 g/mol. The van der Waals surface area contributed by atoms with E-state index in [1.165, 1.54) is 26.2 Å². The van der Waals surface area contributed by atoms with Gasteiger partial charge in [-0.3, -0.25) is 9.59 Å². The Bertz CT molecular complexity index is 1020. The van der Waals surface area contributed by atoms with E-state index in [4.69, 9.17) is 0 Å². The molecule has 0 saturated heterocycles. The van der Waals surface area contributed by atoms with Crippen LogP contribution in [0.3, 0.4) is 0 Å². The van der Waals surface area contributed by atoms with E-state index >= 15 is 0 Å². The topological polar surface area (TPSA) is 99.3 Å². The molecule has 2 N–H and O–H groups in total. The molecule has 1 aromatic carbocycles. The molecule has 1 aliphatic carbocycles. The summed E-state index contributed by atoms with van der Waals surface area (Å²) in [4.78, 5) is 28.2. The van der Waals surface area contributed by atoms with Crippen LogP contribution in [-0.2, 0) is 16.4 Å². The molecule has 1 amide bonds. The fourth-order valence-corrected chi connectivity index (χ4v) is 4.39. The molecule has 1 aliphatic rings. The van der Waals surface area contributed by atoms with E-state index in [1.54, 1.807) is 19.1 Å². The van der Waals surface area contributed by atoms with Gasteiger partial charge in [-0.25, -0.2) is 12.7 Å². The Kier molecular flexibility index (Phi) is 5.45. The number of nitrogens with one attached hydrogen (secondary N) is 2. The summed E-state index contributed by atoms with van der Waals surface area (Å²) in [6.07, 6.45) is 2.09. The van der Waals surface area contributed by atoms with Crippen molar-refractivity contribution in [3.63, 3.8) is 0 Å². The van der Waals surface area contributed by atoms with Crippen LogP contribution in [0.1, 0.15) is 63.5 Å². The van der Waals surface area contributed by atoms with Gasteiger partial charge in [-0.2, -0.15) is 0 Å². The van der Waals surface area contributed by atoms with Gasteiger partial charge in [-0.1, -0.05) is 12.1 Å². The molecule has 8 heteroatoms. The monoisotopic (exact) mass is 403 g/mol. The Morgan fingerprint density at radius 3 is 2.39 bits per heavy atom. The van der Waals surface area contributed by atoms with E-state index in [9.17, 15) is 18.0 Å². The van der Waals surface area contributed by atoms with Crippen LogP contribution in [-0.4, -0.2) is 43.5 Å². The van der Waals surface area contributed by atoms with Gasteiger partial charge in [0.15, 0.2) is 5.78 Å². The lowest BCUT2D eigenvalue weighted by atomic mass is 9.94. The molecule has 0 radical (unpaired) electrons. The van der Waals surface area contributed by atoms with E-state index < -0.39 is 10.0 Å². The second-order valence-corrected chi connectivity index (χ2v) is 9.46. The van der Waals surface area contributed by atoms with Gasteiger partial charge in [0.2, 0.25) is 10.0 Å². The number of carbonyl (C=O) groups is 2. The minimum absolute atomic E-state index is 0.0831. The highest BCUT2D eigenvalue weighted by atomic mass is 32.2. The van der Waals surface area contributed by atoms with Crippen molar-refractivity contribution in [2.45, 2.75) is 44.0 Å². The molecule has 0 spiro atoms. The first-order valence-electron chi connectivity index (χ1n) is 9.21. The van der Waals surface area contributed by atoms with Crippen molar-refractivity contribution in [2.75, 3.05) is 14.1 Å². The van der Waals surface area contributed by atoms with Crippen molar-refractivity contribution in [1.82, 2.24) is 14.6 Å².